The average Bonchev–Trinajstić information content (AvgIpc) is 2.64. The van der Waals surface area contributed by atoms with Crippen LogP contribution in [-0.4, -0.2) is 12.6 Å². The molecule has 1 heterocycles. The first-order chi connectivity index (χ1) is 7.54. The quantitative estimate of drug-likeness (QED) is 0.863. The van der Waals surface area contributed by atoms with Gasteiger partial charge in [-0.1, -0.05) is 20.8 Å². The molecule has 0 fully saturated rings. The van der Waals surface area contributed by atoms with E-state index in [1.54, 1.807) is 11.3 Å². The van der Waals surface area contributed by atoms with Crippen molar-refractivity contribution >= 4 is 27.3 Å². The van der Waals surface area contributed by atoms with E-state index in [0.29, 0.717) is 5.92 Å². The monoisotopic (exact) mass is 305 g/mol. The van der Waals surface area contributed by atoms with Gasteiger partial charge in [-0.15, -0.1) is 11.3 Å². The standard InChI is InChI=1S/C12H20BrNOS/c1-4-10(14)12(15-6-8(2)3)11-5-9(13)7-16-11/h5,7-8,10,12H,4,6,14H2,1-3H3. The van der Waals surface area contributed by atoms with Crippen LogP contribution in [0.4, 0.5) is 0 Å². The van der Waals surface area contributed by atoms with Crippen LogP contribution in [0.3, 0.4) is 0 Å². The summed E-state index contributed by atoms with van der Waals surface area (Å²) in [5.41, 5.74) is 6.11. The Morgan fingerprint density at radius 2 is 2.19 bits per heavy atom. The van der Waals surface area contributed by atoms with Crippen molar-refractivity contribution in [3.8, 4) is 0 Å². The first kappa shape index (κ1) is 14.2. The highest BCUT2D eigenvalue weighted by Crippen LogP contribution is 2.30. The Kier molecular flexibility index (Phi) is 5.97. The molecule has 0 aliphatic carbocycles. The molecule has 16 heavy (non-hydrogen) atoms. The van der Waals surface area contributed by atoms with Crippen molar-refractivity contribution in [1.29, 1.82) is 0 Å². The molecule has 1 aromatic rings. The van der Waals surface area contributed by atoms with Crippen LogP contribution < -0.4 is 5.73 Å². The summed E-state index contributed by atoms with van der Waals surface area (Å²) in [6.45, 7) is 7.16. The molecule has 2 atom stereocenters. The zero-order valence-electron chi connectivity index (χ0n) is 10.1. The second-order valence-electron chi connectivity index (χ2n) is 4.39. The number of rotatable bonds is 6. The van der Waals surface area contributed by atoms with Gasteiger partial charge in [-0.3, -0.25) is 0 Å². The van der Waals surface area contributed by atoms with Gasteiger partial charge in [0.2, 0.25) is 0 Å². The van der Waals surface area contributed by atoms with E-state index >= 15 is 0 Å². The fourth-order valence-electron chi connectivity index (χ4n) is 1.40. The molecule has 2 nitrogen and oxygen atoms in total. The highest BCUT2D eigenvalue weighted by molar-refractivity contribution is 9.10. The third-order valence-electron chi connectivity index (χ3n) is 2.34. The second kappa shape index (κ2) is 6.74. The summed E-state index contributed by atoms with van der Waals surface area (Å²) < 4.78 is 7.03. The molecule has 0 bridgehead atoms. The van der Waals surface area contributed by atoms with Crippen LogP contribution >= 0.6 is 27.3 Å². The molecular weight excluding hydrogens is 286 g/mol. The number of thiophene rings is 1. The van der Waals surface area contributed by atoms with E-state index in [1.165, 1.54) is 4.88 Å². The fraction of sp³-hybridized carbons (Fsp3) is 0.667. The Morgan fingerprint density at radius 1 is 1.50 bits per heavy atom. The second-order valence-corrected chi connectivity index (χ2v) is 6.25. The van der Waals surface area contributed by atoms with Crippen LogP contribution in [-0.2, 0) is 4.74 Å². The smallest absolute Gasteiger partial charge is 0.107 e. The Morgan fingerprint density at radius 3 is 2.62 bits per heavy atom. The van der Waals surface area contributed by atoms with Gasteiger partial charge in [-0.25, -0.2) is 0 Å². The minimum atomic E-state index is 0.0312. The molecule has 1 aromatic heterocycles. The van der Waals surface area contributed by atoms with E-state index < -0.39 is 0 Å². The third kappa shape index (κ3) is 4.17. The summed E-state index contributed by atoms with van der Waals surface area (Å²) >= 11 is 5.17. The molecule has 92 valence electrons. The predicted molar refractivity (Wildman–Crippen MR) is 73.8 cm³/mol. The van der Waals surface area contributed by atoms with Gasteiger partial charge in [-0.2, -0.15) is 0 Å². The van der Waals surface area contributed by atoms with Crippen molar-refractivity contribution in [2.75, 3.05) is 6.61 Å². The summed E-state index contributed by atoms with van der Waals surface area (Å²) in [7, 11) is 0. The van der Waals surface area contributed by atoms with Gasteiger partial charge in [-0.05, 0) is 34.3 Å². The molecule has 0 saturated heterocycles. The van der Waals surface area contributed by atoms with E-state index in [4.69, 9.17) is 10.5 Å². The Labute approximate surface area is 110 Å². The fourth-order valence-corrected chi connectivity index (χ4v) is 2.97. The van der Waals surface area contributed by atoms with Gasteiger partial charge < -0.3 is 10.5 Å². The lowest BCUT2D eigenvalue weighted by molar-refractivity contribution is 0.0199. The number of hydrogen-bond donors (Lipinski definition) is 1. The molecule has 0 aliphatic heterocycles. The van der Waals surface area contributed by atoms with Crippen LogP contribution in [0.15, 0.2) is 15.9 Å². The predicted octanol–water partition coefficient (Wildman–Crippen LogP) is 3.96. The molecule has 0 aromatic carbocycles. The van der Waals surface area contributed by atoms with Crippen molar-refractivity contribution in [3.63, 3.8) is 0 Å². The zero-order chi connectivity index (χ0) is 12.1. The molecule has 0 spiro atoms. The average molecular weight is 306 g/mol. The van der Waals surface area contributed by atoms with Crippen molar-refractivity contribution in [2.45, 2.75) is 39.3 Å². The number of ether oxygens (including phenoxy) is 1. The molecule has 0 aliphatic rings. The van der Waals surface area contributed by atoms with Gasteiger partial charge >= 0.3 is 0 Å². The Bertz CT molecular complexity index is 314. The van der Waals surface area contributed by atoms with Crippen molar-refractivity contribution in [3.05, 3.63) is 20.8 Å². The van der Waals surface area contributed by atoms with Crippen LogP contribution in [0, 0.1) is 5.92 Å². The number of nitrogens with two attached hydrogens (primary N) is 1. The Hall–Kier alpha value is 0.1000. The largest absolute Gasteiger partial charge is 0.371 e. The van der Waals surface area contributed by atoms with E-state index in [9.17, 15) is 0 Å². The number of hydrogen-bond acceptors (Lipinski definition) is 3. The van der Waals surface area contributed by atoms with Gasteiger partial charge in [0, 0.05) is 27.4 Å². The first-order valence-corrected chi connectivity index (χ1v) is 7.33. The maximum absolute atomic E-state index is 6.11. The molecule has 4 heteroatoms. The van der Waals surface area contributed by atoms with Crippen LogP contribution in [0.25, 0.3) is 0 Å². The lowest BCUT2D eigenvalue weighted by atomic mass is 10.1. The van der Waals surface area contributed by atoms with Crippen LogP contribution in [0.2, 0.25) is 0 Å². The summed E-state index contributed by atoms with van der Waals surface area (Å²) in [6, 6.07) is 2.18. The maximum atomic E-state index is 6.11. The third-order valence-corrected chi connectivity index (χ3v) is 4.09. The van der Waals surface area contributed by atoms with Crippen LogP contribution in [0.5, 0.6) is 0 Å². The molecular formula is C12H20BrNOS. The Balaban J connectivity index is 2.71. The lowest BCUT2D eigenvalue weighted by Gasteiger charge is -2.23. The highest BCUT2D eigenvalue weighted by atomic mass is 79.9. The van der Waals surface area contributed by atoms with Gasteiger partial charge in [0.15, 0.2) is 0 Å². The summed E-state index contributed by atoms with van der Waals surface area (Å²) in [5, 5.41) is 2.07. The van der Waals surface area contributed by atoms with E-state index in [0.717, 1.165) is 17.5 Å². The minimum Gasteiger partial charge on any atom is -0.371 e. The van der Waals surface area contributed by atoms with E-state index in [2.05, 4.69) is 48.1 Å². The normalized spacial score (nSPS) is 15.4. The molecule has 2 N–H and O–H groups in total. The molecule has 1 rings (SSSR count). The summed E-state index contributed by atoms with van der Waals surface area (Å²) in [4.78, 5) is 1.21. The SMILES string of the molecule is CCC(N)C(OCC(C)C)c1cc(Br)cs1. The summed E-state index contributed by atoms with van der Waals surface area (Å²) in [6.07, 6.45) is 0.960. The van der Waals surface area contributed by atoms with E-state index in [-0.39, 0.29) is 12.1 Å². The van der Waals surface area contributed by atoms with Gasteiger partial charge in [0.1, 0.15) is 6.10 Å². The molecule has 2 unspecified atom stereocenters. The molecule has 0 radical (unpaired) electrons. The molecule has 0 saturated carbocycles. The summed E-state index contributed by atoms with van der Waals surface area (Å²) in [5.74, 6) is 0.537. The minimum absolute atomic E-state index is 0.0312. The number of halogens is 1. The highest BCUT2D eigenvalue weighted by Gasteiger charge is 2.21. The van der Waals surface area contributed by atoms with Crippen molar-refractivity contribution in [1.82, 2.24) is 0 Å². The molecule has 0 amide bonds. The van der Waals surface area contributed by atoms with Crippen molar-refractivity contribution in [2.24, 2.45) is 11.7 Å². The van der Waals surface area contributed by atoms with Gasteiger partial charge in [0.05, 0.1) is 0 Å². The topological polar surface area (TPSA) is 35.2 Å². The maximum Gasteiger partial charge on any atom is 0.107 e. The lowest BCUT2D eigenvalue weighted by Crippen LogP contribution is -2.29. The van der Waals surface area contributed by atoms with Gasteiger partial charge in [0.25, 0.3) is 0 Å². The first-order valence-electron chi connectivity index (χ1n) is 5.65. The zero-order valence-corrected chi connectivity index (χ0v) is 12.5. The van der Waals surface area contributed by atoms with Crippen molar-refractivity contribution < 1.29 is 4.74 Å². The van der Waals surface area contributed by atoms with E-state index in [1.807, 2.05) is 0 Å². The van der Waals surface area contributed by atoms with Crippen LogP contribution in [0.1, 0.15) is 38.2 Å².